The van der Waals surface area contributed by atoms with Crippen molar-refractivity contribution >= 4 is 12.1 Å². The van der Waals surface area contributed by atoms with Gasteiger partial charge in [-0.15, -0.1) is 0 Å². The molecule has 0 saturated carbocycles. The standard InChI is InChI=1S/C11H17N3O5/c15-10(12-1-7-4-17-7)14(3-9-6-19-9)11(16)13-2-8-5-18-8/h7-9H,1-6H2,(H,12,15)(H,13,16)/t7?,8?,9-/m0/s1. The van der Waals surface area contributed by atoms with Crippen LogP contribution in [-0.2, 0) is 14.2 Å². The molecule has 3 rings (SSSR count). The Labute approximate surface area is 110 Å². The number of nitrogens with zero attached hydrogens (tertiary/aromatic N) is 1. The highest BCUT2D eigenvalue weighted by molar-refractivity contribution is 5.93. The number of urea groups is 2. The van der Waals surface area contributed by atoms with Gasteiger partial charge in [0.1, 0.15) is 0 Å². The second-order valence-electron chi connectivity index (χ2n) is 4.85. The van der Waals surface area contributed by atoms with Crippen LogP contribution in [-0.4, -0.2) is 74.7 Å². The van der Waals surface area contributed by atoms with Gasteiger partial charge in [-0.1, -0.05) is 0 Å². The summed E-state index contributed by atoms with van der Waals surface area (Å²) in [5, 5.41) is 5.35. The Hall–Kier alpha value is -1.38. The minimum Gasteiger partial charge on any atom is -0.371 e. The van der Waals surface area contributed by atoms with E-state index in [1.807, 2.05) is 0 Å². The Bertz CT molecular complexity index is 337. The number of amides is 4. The third kappa shape index (κ3) is 4.05. The molecule has 2 N–H and O–H groups in total. The molecule has 3 atom stereocenters. The highest BCUT2D eigenvalue weighted by Crippen LogP contribution is 2.12. The number of hydrogen-bond acceptors (Lipinski definition) is 5. The van der Waals surface area contributed by atoms with Crippen molar-refractivity contribution in [3.63, 3.8) is 0 Å². The zero-order valence-electron chi connectivity index (χ0n) is 10.5. The highest BCUT2D eigenvalue weighted by Gasteiger charge is 2.33. The lowest BCUT2D eigenvalue weighted by Crippen LogP contribution is -2.51. The van der Waals surface area contributed by atoms with E-state index in [0.29, 0.717) is 32.9 Å². The van der Waals surface area contributed by atoms with Crippen molar-refractivity contribution in [1.82, 2.24) is 15.5 Å². The predicted molar refractivity (Wildman–Crippen MR) is 62.7 cm³/mol. The van der Waals surface area contributed by atoms with Crippen molar-refractivity contribution < 1.29 is 23.8 Å². The first-order chi connectivity index (χ1) is 9.22. The average Bonchev–Trinajstić information content (AvgIpc) is 3.29. The van der Waals surface area contributed by atoms with Crippen molar-refractivity contribution in [2.75, 3.05) is 39.5 Å². The molecule has 4 amide bonds. The SMILES string of the molecule is O=C(NCC1CO1)N(C[C@H]1CO1)C(=O)NCC1CO1. The first kappa shape index (κ1) is 12.6. The summed E-state index contributed by atoms with van der Waals surface area (Å²) in [5.41, 5.74) is 0. The molecule has 3 fully saturated rings. The van der Waals surface area contributed by atoms with Crippen LogP contribution in [0.1, 0.15) is 0 Å². The molecule has 0 aromatic carbocycles. The van der Waals surface area contributed by atoms with Gasteiger partial charge in [-0.2, -0.15) is 0 Å². The number of carbonyl (C=O) groups is 2. The van der Waals surface area contributed by atoms with Gasteiger partial charge in [0.05, 0.1) is 44.7 Å². The zero-order chi connectivity index (χ0) is 13.2. The molecule has 8 heteroatoms. The summed E-state index contributed by atoms with van der Waals surface area (Å²) in [6.45, 7) is 3.05. The number of imide groups is 1. The monoisotopic (exact) mass is 271 g/mol. The maximum Gasteiger partial charge on any atom is 0.325 e. The molecule has 8 nitrogen and oxygen atoms in total. The molecule has 3 heterocycles. The molecular weight excluding hydrogens is 254 g/mol. The van der Waals surface area contributed by atoms with E-state index >= 15 is 0 Å². The number of carbonyl (C=O) groups excluding carboxylic acids is 2. The third-order valence-electron chi connectivity index (χ3n) is 3.05. The summed E-state index contributed by atoms with van der Waals surface area (Å²) in [6, 6.07) is -0.833. The molecule has 0 aromatic rings. The lowest BCUT2D eigenvalue weighted by Gasteiger charge is -2.20. The molecule has 0 aromatic heterocycles. The molecule has 3 saturated heterocycles. The fraction of sp³-hybridized carbons (Fsp3) is 0.818. The van der Waals surface area contributed by atoms with Crippen molar-refractivity contribution in [2.45, 2.75) is 18.3 Å². The smallest absolute Gasteiger partial charge is 0.325 e. The van der Waals surface area contributed by atoms with E-state index in [4.69, 9.17) is 14.2 Å². The van der Waals surface area contributed by atoms with Gasteiger partial charge >= 0.3 is 12.1 Å². The molecule has 2 unspecified atom stereocenters. The number of nitrogens with one attached hydrogen (secondary N) is 2. The van der Waals surface area contributed by atoms with Gasteiger partial charge < -0.3 is 24.8 Å². The summed E-state index contributed by atoms with van der Waals surface area (Å²) >= 11 is 0. The largest absolute Gasteiger partial charge is 0.371 e. The summed E-state index contributed by atoms with van der Waals surface area (Å²) in [6.07, 6.45) is 0.141. The maximum absolute atomic E-state index is 12.0. The summed E-state index contributed by atoms with van der Waals surface area (Å²) < 4.78 is 15.1. The first-order valence-electron chi connectivity index (χ1n) is 6.40. The lowest BCUT2D eigenvalue weighted by molar-refractivity contribution is 0.180. The fourth-order valence-electron chi connectivity index (χ4n) is 1.60. The summed E-state index contributed by atoms with van der Waals surface area (Å²) in [5.74, 6) is 0. The Morgan fingerprint density at radius 3 is 1.68 bits per heavy atom. The molecule has 106 valence electrons. The van der Waals surface area contributed by atoms with Crippen LogP contribution in [0.2, 0.25) is 0 Å². The molecule has 0 bridgehead atoms. The van der Waals surface area contributed by atoms with Crippen LogP contribution in [0.5, 0.6) is 0 Å². The topological polar surface area (TPSA) is 99.0 Å². The second kappa shape index (κ2) is 5.32. The van der Waals surface area contributed by atoms with E-state index in [1.165, 1.54) is 0 Å². The van der Waals surface area contributed by atoms with Gasteiger partial charge in [0.15, 0.2) is 0 Å². The van der Waals surface area contributed by atoms with Gasteiger partial charge in [0.25, 0.3) is 0 Å². The van der Waals surface area contributed by atoms with Gasteiger partial charge in [-0.3, -0.25) is 0 Å². The van der Waals surface area contributed by atoms with Crippen LogP contribution in [0.4, 0.5) is 9.59 Å². The van der Waals surface area contributed by atoms with E-state index in [1.54, 1.807) is 0 Å². The van der Waals surface area contributed by atoms with E-state index in [9.17, 15) is 9.59 Å². The van der Waals surface area contributed by atoms with Crippen molar-refractivity contribution in [3.8, 4) is 0 Å². The van der Waals surface area contributed by atoms with Crippen LogP contribution in [0, 0.1) is 0 Å². The van der Waals surface area contributed by atoms with Crippen LogP contribution in [0.15, 0.2) is 0 Å². The van der Waals surface area contributed by atoms with Gasteiger partial charge in [0.2, 0.25) is 0 Å². The van der Waals surface area contributed by atoms with Crippen molar-refractivity contribution in [2.24, 2.45) is 0 Å². The normalized spacial score (nSPS) is 30.4. The minimum atomic E-state index is -0.416. The zero-order valence-corrected chi connectivity index (χ0v) is 10.5. The van der Waals surface area contributed by atoms with Crippen LogP contribution >= 0.6 is 0 Å². The highest BCUT2D eigenvalue weighted by atomic mass is 16.6. The van der Waals surface area contributed by atoms with Gasteiger partial charge in [0, 0.05) is 13.1 Å². The quantitative estimate of drug-likeness (QED) is 0.598. The summed E-state index contributed by atoms with van der Waals surface area (Å²) in [4.78, 5) is 25.0. The average molecular weight is 271 g/mol. The molecular formula is C11H17N3O5. The maximum atomic E-state index is 12.0. The molecule has 0 spiro atoms. The first-order valence-corrected chi connectivity index (χ1v) is 6.40. The van der Waals surface area contributed by atoms with E-state index in [2.05, 4.69) is 10.6 Å². The Morgan fingerprint density at radius 1 is 0.895 bits per heavy atom. The third-order valence-corrected chi connectivity index (χ3v) is 3.05. The summed E-state index contributed by atoms with van der Waals surface area (Å²) in [7, 11) is 0. The second-order valence-corrected chi connectivity index (χ2v) is 4.85. The van der Waals surface area contributed by atoms with Crippen LogP contribution in [0.3, 0.4) is 0 Å². The van der Waals surface area contributed by atoms with Crippen LogP contribution in [0.25, 0.3) is 0 Å². The number of epoxide rings is 3. The Kier molecular flexibility index (Phi) is 3.54. The Balaban J connectivity index is 1.47. The molecule has 3 aliphatic rings. The van der Waals surface area contributed by atoms with Crippen molar-refractivity contribution in [3.05, 3.63) is 0 Å². The van der Waals surface area contributed by atoms with E-state index in [0.717, 1.165) is 4.90 Å². The fourth-order valence-corrected chi connectivity index (χ4v) is 1.60. The number of ether oxygens (including phenoxy) is 3. The van der Waals surface area contributed by atoms with Gasteiger partial charge in [-0.05, 0) is 0 Å². The molecule has 19 heavy (non-hydrogen) atoms. The predicted octanol–water partition coefficient (Wildman–Crippen LogP) is -1.10. The number of rotatable bonds is 6. The molecule has 0 radical (unpaired) electrons. The lowest BCUT2D eigenvalue weighted by atomic mass is 10.4. The van der Waals surface area contributed by atoms with Gasteiger partial charge in [-0.25, -0.2) is 14.5 Å². The van der Waals surface area contributed by atoms with Crippen LogP contribution < -0.4 is 10.6 Å². The Morgan fingerprint density at radius 2 is 1.32 bits per heavy atom. The number of hydrogen-bond donors (Lipinski definition) is 2. The van der Waals surface area contributed by atoms with E-state index < -0.39 is 12.1 Å². The van der Waals surface area contributed by atoms with Crippen molar-refractivity contribution in [1.29, 1.82) is 0 Å². The van der Waals surface area contributed by atoms with E-state index in [-0.39, 0.29) is 24.9 Å². The minimum absolute atomic E-state index is 0.0363. The molecule has 3 aliphatic heterocycles. The molecule has 0 aliphatic carbocycles.